The molecule has 0 aliphatic rings. The number of hydrogen-bond acceptors (Lipinski definition) is 9. The molecule has 0 fully saturated rings. The standard InChI is InChI=1S/C15H27O9P/c1-8-20-13(18)25(19,23-9-21-11(16)14(2,3)4)24-10-22-12(17)15(5,6)7/h8-10H2,1-7H3. The predicted molar refractivity (Wildman–Crippen MR) is 87.6 cm³/mol. The summed E-state index contributed by atoms with van der Waals surface area (Å²) in [6, 6.07) is 0. The van der Waals surface area contributed by atoms with Crippen LogP contribution in [-0.4, -0.2) is 37.8 Å². The molecule has 0 aromatic heterocycles. The van der Waals surface area contributed by atoms with Gasteiger partial charge in [0.05, 0.1) is 17.4 Å². The van der Waals surface area contributed by atoms with Gasteiger partial charge in [0.1, 0.15) is 0 Å². The van der Waals surface area contributed by atoms with Crippen molar-refractivity contribution in [3.8, 4) is 0 Å². The van der Waals surface area contributed by atoms with Crippen LogP contribution in [0.1, 0.15) is 48.5 Å². The van der Waals surface area contributed by atoms with Gasteiger partial charge >= 0.3 is 25.2 Å². The predicted octanol–water partition coefficient (Wildman–Crippen LogP) is 3.46. The van der Waals surface area contributed by atoms with Gasteiger partial charge in [-0.2, -0.15) is 0 Å². The van der Waals surface area contributed by atoms with Gasteiger partial charge in [-0.15, -0.1) is 0 Å². The van der Waals surface area contributed by atoms with Gasteiger partial charge in [-0.1, -0.05) is 0 Å². The van der Waals surface area contributed by atoms with E-state index < -0.39 is 49.7 Å². The van der Waals surface area contributed by atoms with E-state index in [2.05, 4.69) is 4.74 Å². The lowest BCUT2D eigenvalue weighted by Crippen LogP contribution is -2.25. The van der Waals surface area contributed by atoms with Crippen LogP contribution in [0.15, 0.2) is 0 Å². The second kappa shape index (κ2) is 9.31. The number of hydrogen-bond donors (Lipinski definition) is 0. The minimum Gasteiger partial charge on any atom is -0.457 e. The molecule has 0 saturated carbocycles. The van der Waals surface area contributed by atoms with E-state index >= 15 is 0 Å². The molecule has 0 aliphatic carbocycles. The van der Waals surface area contributed by atoms with Crippen LogP contribution in [0.3, 0.4) is 0 Å². The number of rotatable bonds is 8. The number of carbonyl (C=O) groups excluding carboxylic acids is 3. The van der Waals surface area contributed by atoms with Crippen LogP contribution in [0.2, 0.25) is 0 Å². The molecular formula is C15H27O9P. The summed E-state index contributed by atoms with van der Waals surface area (Å²) in [5.41, 5.74) is -2.88. The van der Waals surface area contributed by atoms with Gasteiger partial charge in [-0.25, -0.2) is 9.36 Å². The highest BCUT2D eigenvalue weighted by Crippen LogP contribution is 2.50. The molecule has 0 amide bonds. The van der Waals surface area contributed by atoms with E-state index in [1.165, 1.54) is 6.92 Å². The minimum atomic E-state index is -4.46. The van der Waals surface area contributed by atoms with Crippen molar-refractivity contribution in [2.75, 3.05) is 20.2 Å². The molecule has 0 bridgehead atoms. The highest BCUT2D eigenvalue weighted by Gasteiger charge is 2.39. The molecule has 0 rings (SSSR count). The molecule has 0 N–H and O–H groups in total. The highest BCUT2D eigenvalue weighted by atomic mass is 31.2. The summed E-state index contributed by atoms with van der Waals surface area (Å²) in [6.07, 6.45) is 0. The first kappa shape index (κ1) is 23.6. The average Bonchev–Trinajstić information content (AvgIpc) is 2.45. The normalized spacial score (nSPS) is 12.4. The summed E-state index contributed by atoms with van der Waals surface area (Å²) >= 11 is 0. The smallest absolute Gasteiger partial charge is 0.444 e. The van der Waals surface area contributed by atoms with Gasteiger partial charge in [0.15, 0.2) is 0 Å². The van der Waals surface area contributed by atoms with Crippen LogP contribution in [0, 0.1) is 10.8 Å². The van der Waals surface area contributed by atoms with Crippen molar-refractivity contribution in [2.24, 2.45) is 10.8 Å². The Labute approximate surface area is 147 Å². The topological polar surface area (TPSA) is 114 Å². The molecule has 0 aromatic rings. The Morgan fingerprint density at radius 3 is 1.40 bits per heavy atom. The van der Waals surface area contributed by atoms with Gasteiger partial charge in [0.2, 0.25) is 13.6 Å². The Hall–Kier alpha value is -1.44. The van der Waals surface area contributed by atoms with E-state index in [-0.39, 0.29) is 6.61 Å². The number of carbonyl (C=O) groups is 3. The van der Waals surface area contributed by atoms with Gasteiger partial charge in [0.25, 0.3) is 0 Å². The highest BCUT2D eigenvalue weighted by molar-refractivity contribution is 7.71. The van der Waals surface area contributed by atoms with Crippen molar-refractivity contribution in [1.82, 2.24) is 0 Å². The molecule has 9 nitrogen and oxygen atoms in total. The largest absolute Gasteiger partial charge is 0.457 e. The molecule has 0 unspecified atom stereocenters. The summed E-state index contributed by atoms with van der Waals surface area (Å²) < 4.78 is 36.3. The monoisotopic (exact) mass is 382 g/mol. The lowest BCUT2D eigenvalue weighted by Gasteiger charge is -2.20. The Morgan fingerprint density at radius 1 is 0.760 bits per heavy atom. The average molecular weight is 382 g/mol. The van der Waals surface area contributed by atoms with Crippen LogP contribution in [0.4, 0.5) is 4.79 Å². The number of esters is 2. The van der Waals surface area contributed by atoms with Gasteiger partial charge in [0, 0.05) is 0 Å². The lowest BCUT2D eigenvalue weighted by molar-refractivity contribution is -0.161. The summed E-state index contributed by atoms with van der Waals surface area (Å²) in [5.74, 6) is -1.25. The van der Waals surface area contributed by atoms with Crippen molar-refractivity contribution < 1.29 is 42.2 Å². The molecule has 0 heterocycles. The zero-order valence-corrected chi connectivity index (χ0v) is 16.6. The third kappa shape index (κ3) is 8.47. The van der Waals surface area contributed by atoms with E-state index in [1.807, 2.05) is 0 Å². The van der Waals surface area contributed by atoms with Crippen molar-refractivity contribution in [3.05, 3.63) is 0 Å². The molecule has 146 valence electrons. The zero-order valence-electron chi connectivity index (χ0n) is 15.7. The third-order valence-electron chi connectivity index (χ3n) is 2.54. The quantitative estimate of drug-likeness (QED) is 0.269. The Balaban J connectivity index is 4.80. The van der Waals surface area contributed by atoms with Crippen LogP contribution in [0.5, 0.6) is 0 Å². The molecule has 0 atom stereocenters. The summed E-state index contributed by atoms with van der Waals surface area (Å²) in [6.45, 7) is 9.56. The van der Waals surface area contributed by atoms with Crippen molar-refractivity contribution >= 4 is 25.2 Å². The van der Waals surface area contributed by atoms with Crippen molar-refractivity contribution in [3.63, 3.8) is 0 Å². The fourth-order valence-electron chi connectivity index (χ4n) is 1.08. The lowest BCUT2D eigenvalue weighted by atomic mass is 9.98. The van der Waals surface area contributed by atoms with Gasteiger partial charge < -0.3 is 14.2 Å². The minimum absolute atomic E-state index is 0.0703. The second-order valence-electron chi connectivity index (χ2n) is 7.05. The van der Waals surface area contributed by atoms with E-state index in [4.69, 9.17) is 18.5 Å². The van der Waals surface area contributed by atoms with Crippen LogP contribution < -0.4 is 0 Å². The van der Waals surface area contributed by atoms with E-state index in [0.29, 0.717) is 0 Å². The van der Waals surface area contributed by atoms with E-state index in [9.17, 15) is 18.9 Å². The Morgan fingerprint density at radius 2 is 1.12 bits per heavy atom. The Kier molecular flexibility index (Phi) is 8.77. The first-order valence-corrected chi connectivity index (χ1v) is 9.19. The third-order valence-corrected chi connectivity index (χ3v) is 4.01. The molecule has 0 aromatic carbocycles. The Bertz CT molecular complexity index is 492. The molecule has 10 heteroatoms. The zero-order chi connectivity index (χ0) is 19.9. The summed E-state index contributed by atoms with van der Waals surface area (Å²) in [4.78, 5) is 35.1. The summed E-state index contributed by atoms with van der Waals surface area (Å²) in [5, 5.41) is 0. The van der Waals surface area contributed by atoms with Crippen LogP contribution in [0.25, 0.3) is 0 Å². The maximum atomic E-state index is 12.5. The fraction of sp³-hybridized carbons (Fsp3) is 0.800. The number of ether oxygens (including phenoxy) is 3. The molecule has 25 heavy (non-hydrogen) atoms. The molecule has 0 saturated heterocycles. The van der Waals surface area contributed by atoms with Crippen molar-refractivity contribution in [1.29, 1.82) is 0 Å². The fourth-order valence-corrected chi connectivity index (χ4v) is 2.03. The van der Waals surface area contributed by atoms with Crippen LogP contribution in [-0.2, 0) is 37.4 Å². The van der Waals surface area contributed by atoms with Crippen molar-refractivity contribution in [2.45, 2.75) is 48.5 Å². The first-order valence-electron chi connectivity index (χ1n) is 7.65. The SMILES string of the molecule is CCOC(=O)P(=O)(OCOC(=O)C(C)(C)C)OCOC(=O)C(C)(C)C. The van der Waals surface area contributed by atoms with Gasteiger partial charge in [-0.05, 0) is 48.5 Å². The van der Waals surface area contributed by atoms with Crippen LogP contribution >= 0.6 is 7.60 Å². The maximum absolute atomic E-state index is 12.5. The second-order valence-corrected chi connectivity index (χ2v) is 8.93. The summed E-state index contributed by atoms with van der Waals surface area (Å²) in [7, 11) is -4.46. The maximum Gasteiger partial charge on any atom is 0.444 e. The van der Waals surface area contributed by atoms with E-state index in [0.717, 1.165) is 0 Å². The molecule has 0 aliphatic heterocycles. The van der Waals surface area contributed by atoms with E-state index in [1.54, 1.807) is 41.5 Å². The first-order chi connectivity index (χ1) is 11.2. The molecule has 0 spiro atoms. The van der Waals surface area contributed by atoms with Gasteiger partial charge in [-0.3, -0.25) is 18.6 Å². The molecular weight excluding hydrogens is 355 g/mol. The molecule has 0 radical (unpaired) electrons.